The summed E-state index contributed by atoms with van der Waals surface area (Å²) in [5, 5.41) is 3.14. The molecule has 0 aliphatic carbocycles. The van der Waals surface area contributed by atoms with Gasteiger partial charge in [0.1, 0.15) is 5.75 Å². The molecule has 0 aromatic heterocycles. The van der Waals surface area contributed by atoms with E-state index in [1.54, 1.807) is 21.3 Å². The number of aliphatic imine (C=N–C) groups is 1. The number of benzene rings is 2. The lowest BCUT2D eigenvalue weighted by molar-refractivity contribution is 0.245. The Bertz CT molecular complexity index is 835. The van der Waals surface area contributed by atoms with E-state index in [0.717, 1.165) is 30.1 Å². The monoisotopic (exact) mass is 398 g/mol. The molecule has 1 aliphatic rings. The summed E-state index contributed by atoms with van der Waals surface area (Å²) in [6, 6.07) is 13.8. The van der Waals surface area contributed by atoms with E-state index in [1.807, 2.05) is 36.4 Å². The van der Waals surface area contributed by atoms with Crippen LogP contribution in [0.25, 0.3) is 0 Å². The topological polar surface area (TPSA) is 81.3 Å². The Hall–Kier alpha value is -2.93. The highest BCUT2D eigenvalue weighted by atomic mass is 16.5. The Morgan fingerprint density at radius 1 is 1.00 bits per heavy atom. The van der Waals surface area contributed by atoms with Crippen LogP contribution in [-0.4, -0.2) is 51.8 Å². The van der Waals surface area contributed by atoms with Crippen molar-refractivity contribution in [3.63, 3.8) is 0 Å². The molecule has 2 aromatic rings. The van der Waals surface area contributed by atoms with E-state index in [0.29, 0.717) is 24.0 Å². The van der Waals surface area contributed by atoms with Gasteiger partial charge in [0, 0.05) is 17.3 Å². The number of nitrogens with two attached hydrogens (primary N) is 1. The average Bonchev–Trinajstić information content (AvgIpc) is 3.28. The molecule has 1 heterocycles. The molecule has 1 aliphatic heterocycles. The van der Waals surface area contributed by atoms with Crippen molar-refractivity contribution in [1.82, 2.24) is 4.90 Å². The molecule has 3 N–H and O–H groups in total. The fourth-order valence-corrected chi connectivity index (χ4v) is 3.69. The highest BCUT2D eigenvalue weighted by Gasteiger charge is 2.25. The number of nitrogens with zero attached hydrogens (tertiary/aromatic N) is 2. The Labute approximate surface area is 172 Å². The summed E-state index contributed by atoms with van der Waals surface area (Å²) in [6.45, 7) is 2.66. The first kappa shape index (κ1) is 20.8. The number of hydrogen-bond acceptors (Lipinski definition) is 5. The molecule has 0 spiro atoms. The van der Waals surface area contributed by atoms with Gasteiger partial charge in [0.15, 0.2) is 17.5 Å². The number of rotatable bonds is 8. The van der Waals surface area contributed by atoms with Gasteiger partial charge in [-0.3, -0.25) is 9.89 Å². The van der Waals surface area contributed by atoms with E-state index in [4.69, 9.17) is 19.9 Å². The zero-order chi connectivity index (χ0) is 20.6. The zero-order valence-electron chi connectivity index (χ0n) is 17.4. The maximum atomic E-state index is 6.18. The molecular formula is C22H30N4O3. The minimum atomic E-state index is 0.124. The van der Waals surface area contributed by atoms with E-state index < -0.39 is 0 Å². The molecule has 0 bridgehead atoms. The van der Waals surface area contributed by atoms with Gasteiger partial charge in [-0.25, -0.2) is 0 Å². The number of methoxy groups -OCH3 is 3. The maximum Gasteiger partial charge on any atom is 0.193 e. The van der Waals surface area contributed by atoms with Crippen molar-refractivity contribution in [3.05, 3.63) is 48.0 Å². The van der Waals surface area contributed by atoms with E-state index in [1.165, 1.54) is 12.8 Å². The molecule has 0 saturated carbocycles. The van der Waals surface area contributed by atoms with E-state index in [9.17, 15) is 0 Å². The Morgan fingerprint density at radius 3 is 2.38 bits per heavy atom. The van der Waals surface area contributed by atoms with Crippen LogP contribution in [0.5, 0.6) is 17.2 Å². The van der Waals surface area contributed by atoms with Gasteiger partial charge in [0.2, 0.25) is 0 Å². The lowest BCUT2D eigenvalue weighted by Gasteiger charge is -2.28. The van der Waals surface area contributed by atoms with Gasteiger partial charge in [-0.05, 0) is 44.1 Å². The normalized spacial score (nSPS) is 15.8. The van der Waals surface area contributed by atoms with Crippen LogP contribution in [0.1, 0.15) is 24.4 Å². The lowest BCUT2D eigenvalue weighted by atomic mass is 10.0. The number of anilines is 1. The molecule has 3 rings (SSSR count). The van der Waals surface area contributed by atoms with Crippen LogP contribution in [0.2, 0.25) is 0 Å². The first-order valence-corrected chi connectivity index (χ1v) is 9.82. The molecule has 7 heteroatoms. The van der Waals surface area contributed by atoms with Crippen molar-refractivity contribution in [2.24, 2.45) is 10.7 Å². The predicted octanol–water partition coefficient (Wildman–Crippen LogP) is 3.28. The first-order chi connectivity index (χ1) is 14.2. The summed E-state index contributed by atoms with van der Waals surface area (Å²) < 4.78 is 16.2. The van der Waals surface area contributed by atoms with Gasteiger partial charge in [0.25, 0.3) is 0 Å². The molecule has 1 atom stereocenters. The summed E-state index contributed by atoms with van der Waals surface area (Å²) in [4.78, 5) is 7.08. The third-order valence-corrected chi connectivity index (χ3v) is 5.17. The number of nitrogens with one attached hydrogen (secondary N) is 1. The molecular weight excluding hydrogens is 368 g/mol. The fourth-order valence-electron chi connectivity index (χ4n) is 3.69. The van der Waals surface area contributed by atoms with E-state index in [2.05, 4.69) is 21.3 Å². The zero-order valence-corrected chi connectivity index (χ0v) is 17.4. The van der Waals surface area contributed by atoms with Crippen molar-refractivity contribution < 1.29 is 14.2 Å². The lowest BCUT2D eigenvalue weighted by Crippen LogP contribution is -2.30. The van der Waals surface area contributed by atoms with Gasteiger partial charge in [-0.15, -0.1) is 0 Å². The third-order valence-electron chi connectivity index (χ3n) is 5.17. The molecule has 156 valence electrons. The highest BCUT2D eigenvalue weighted by Crippen LogP contribution is 2.32. The largest absolute Gasteiger partial charge is 0.496 e. The van der Waals surface area contributed by atoms with Gasteiger partial charge >= 0.3 is 0 Å². The Kier molecular flexibility index (Phi) is 7.19. The van der Waals surface area contributed by atoms with Crippen LogP contribution in [-0.2, 0) is 0 Å². The quantitative estimate of drug-likeness (QED) is 0.525. The second-order valence-corrected chi connectivity index (χ2v) is 6.92. The molecule has 7 nitrogen and oxygen atoms in total. The Morgan fingerprint density at radius 2 is 1.69 bits per heavy atom. The second-order valence-electron chi connectivity index (χ2n) is 6.92. The van der Waals surface area contributed by atoms with E-state index >= 15 is 0 Å². The maximum absolute atomic E-state index is 6.18. The van der Waals surface area contributed by atoms with Gasteiger partial charge in [-0.1, -0.05) is 18.2 Å². The molecule has 1 unspecified atom stereocenters. The summed E-state index contributed by atoms with van der Waals surface area (Å²) in [5.41, 5.74) is 8.11. The van der Waals surface area contributed by atoms with Gasteiger partial charge in [0.05, 0.1) is 33.9 Å². The van der Waals surface area contributed by atoms with Crippen LogP contribution in [0.3, 0.4) is 0 Å². The standard InChI is InChI=1S/C22H30N4O3/c1-27-19-9-5-4-8-17(19)18(26-12-6-7-13-26)15-24-22(23)25-16-10-11-20(28-2)21(14-16)29-3/h4-5,8-11,14,18H,6-7,12-13,15H2,1-3H3,(H3,23,24,25). The molecule has 1 saturated heterocycles. The predicted molar refractivity (Wildman–Crippen MR) is 116 cm³/mol. The number of para-hydroxylation sites is 1. The van der Waals surface area contributed by atoms with Crippen LogP contribution in [0, 0.1) is 0 Å². The van der Waals surface area contributed by atoms with Crippen LogP contribution < -0.4 is 25.3 Å². The van der Waals surface area contributed by atoms with Crippen molar-refractivity contribution in [3.8, 4) is 17.2 Å². The third kappa shape index (κ3) is 5.12. The highest BCUT2D eigenvalue weighted by molar-refractivity contribution is 5.92. The smallest absolute Gasteiger partial charge is 0.193 e. The molecule has 2 aromatic carbocycles. The van der Waals surface area contributed by atoms with E-state index in [-0.39, 0.29) is 6.04 Å². The summed E-state index contributed by atoms with van der Waals surface area (Å²) in [5.74, 6) is 2.54. The van der Waals surface area contributed by atoms with Crippen LogP contribution in [0.4, 0.5) is 5.69 Å². The minimum Gasteiger partial charge on any atom is -0.496 e. The molecule has 29 heavy (non-hydrogen) atoms. The number of likely N-dealkylation sites (tertiary alicyclic amines) is 1. The first-order valence-electron chi connectivity index (χ1n) is 9.82. The van der Waals surface area contributed by atoms with Crippen molar-refractivity contribution in [2.45, 2.75) is 18.9 Å². The number of ether oxygens (including phenoxy) is 3. The fraction of sp³-hybridized carbons (Fsp3) is 0.409. The average molecular weight is 399 g/mol. The SMILES string of the molecule is COc1ccc(NC(N)=NCC(c2ccccc2OC)N2CCCC2)cc1OC. The molecule has 0 amide bonds. The Balaban J connectivity index is 1.76. The van der Waals surface area contributed by atoms with Gasteiger partial charge in [-0.2, -0.15) is 0 Å². The number of hydrogen-bond donors (Lipinski definition) is 2. The summed E-state index contributed by atoms with van der Waals surface area (Å²) in [6.07, 6.45) is 2.41. The summed E-state index contributed by atoms with van der Waals surface area (Å²) in [7, 11) is 4.92. The van der Waals surface area contributed by atoms with Crippen LogP contribution >= 0.6 is 0 Å². The van der Waals surface area contributed by atoms with Crippen molar-refractivity contribution in [1.29, 1.82) is 0 Å². The second kappa shape index (κ2) is 10.0. The number of guanidine groups is 1. The van der Waals surface area contributed by atoms with Crippen LogP contribution in [0.15, 0.2) is 47.5 Å². The molecule has 1 fully saturated rings. The van der Waals surface area contributed by atoms with Crippen molar-refractivity contribution in [2.75, 3.05) is 46.3 Å². The molecule has 0 radical (unpaired) electrons. The van der Waals surface area contributed by atoms with Crippen molar-refractivity contribution >= 4 is 11.6 Å². The minimum absolute atomic E-state index is 0.124. The van der Waals surface area contributed by atoms with Gasteiger partial charge < -0.3 is 25.3 Å². The summed E-state index contributed by atoms with van der Waals surface area (Å²) >= 11 is 0.